The van der Waals surface area contributed by atoms with Crippen molar-refractivity contribution in [3.8, 4) is 67.8 Å². The first-order valence-corrected chi connectivity index (χ1v) is 22.4. The van der Waals surface area contributed by atoms with E-state index in [2.05, 4.69) is 228 Å². The van der Waals surface area contributed by atoms with Crippen molar-refractivity contribution in [3.63, 3.8) is 0 Å². The van der Waals surface area contributed by atoms with E-state index in [-0.39, 0.29) is 0 Å². The van der Waals surface area contributed by atoms with Crippen molar-refractivity contribution < 1.29 is 0 Å². The minimum absolute atomic E-state index is 0.606. The zero-order valence-corrected chi connectivity index (χ0v) is 35.8. The molecule has 0 saturated heterocycles. The lowest BCUT2D eigenvalue weighted by Gasteiger charge is -2.16. The average Bonchev–Trinajstić information content (AvgIpc) is 3.91. The third-order valence-electron chi connectivity index (χ3n) is 13.0. The van der Waals surface area contributed by atoms with Crippen LogP contribution in [0.1, 0.15) is 0 Å². The molecule has 0 amide bonds. The van der Waals surface area contributed by atoms with Crippen LogP contribution in [0.2, 0.25) is 0 Å². The highest BCUT2D eigenvalue weighted by Crippen LogP contribution is 2.40. The lowest BCUT2D eigenvalue weighted by molar-refractivity contribution is 1.07. The summed E-state index contributed by atoms with van der Waals surface area (Å²) in [6.07, 6.45) is 0. The molecule has 10 aromatic carbocycles. The van der Waals surface area contributed by atoms with Gasteiger partial charge in [-0.05, 0) is 70.4 Å². The summed E-state index contributed by atoms with van der Waals surface area (Å²) in [5.41, 5.74) is 14.1. The second kappa shape index (κ2) is 15.4. The number of hydrogen-bond acceptors (Lipinski definition) is 3. The lowest BCUT2D eigenvalue weighted by atomic mass is 9.98. The fourth-order valence-corrected chi connectivity index (χ4v) is 9.90. The molecule has 308 valence electrons. The first-order chi connectivity index (χ1) is 32.7. The van der Waals surface area contributed by atoms with Crippen molar-refractivity contribution in [1.29, 1.82) is 0 Å². The number of benzene rings is 10. The summed E-state index contributed by atoms with van der Waals surface area (Å²) in [5.74, 6) is 1.84. The first-order valence-electron chi connectivity index (χ1n) is 22.4. The van der Waals surface area contributed by atoms with Gasteiger partial charge in [-0.2, -0.15) is 0 Å². The van der Waals surface area contributed by atoms with Gasteiger partial charge in [0.15, 0.2) is 17.5 Å². The van der Waals surface area contributed by atoms with Crippen molar-refractivity contribution in [3.05, 3.63) is 237 Å². The zero-order chi connectivity index (χ0) is 43.6. The second-order valence-electron chi connectivity index (χ2n) is 16.8. The Labute approximate surface area is 381 Å². The molecule has 0 aliphatic heterocycles. The summed E-state index contributed by atoms with van der Waals surface area (Å²) in [4.78, 5) is 15.7. The van der Waals surface area contributed by atoms with Crippen molar-refractivity contribution in [2.24, 2.45) is 0 Å². The second-order valence-corrected chi connectivity index (χ2v) is 16.8. The summed E-state index contributed by atoms with van der Waals surface area (Å²) in [6.45, 7) is 0. The van der Waals surface area contributed by atoms with Crippen LogP contribution in [-0.2, 0) is 0 Å². The quantitative estimate of drug-likeness (QED) is 0.161. The van der Waals surface area contributed by atoms with E-state index < -0.39 is 0 Å². The topological polar surface area (TPSA) is 48.5 Å². The molecule has 0 bridgehead atoms. The fraction of sp³-hybridized carbons (Fsp3) is 0. The highest BCUT2D eigenvalue weighted by atomic mass is 15.0. The predicted octanol–water partition coefficient (Wildman–Crippen LogP) is 15.6. The van der Waals surface area contributed by atoms with Crippen LogP contribution in [0.4, 0.5) is 0 Å². The van der Waals surface area contributed by atoms with Gasteiger partial charge in [0.05, 0.1) is 33.4 Å². The van der Waals surface area contributed by atoms with Gasteiger partial charge in [0.2, 0.25) is 0 Å². The first kappa shape index (κ1) is 37.6. The molecule has 13 rings (SSSR count). The number of rotatable bonds is 7. The van der Waals surface area contributed by atoms with Crippen molar-refractivity contribution in [2.75, 3.05) is 0 Å². The molecule has 0 spiro atoms. The summed E-state index contributed by atoms with van der Waals surface area (Å²) in [6, 6.07) is 84.1. The predicted molar refractivity (Wildman–Crippen MR) is 273 cm³/mol. The van der Waals surface area contributed by atoms with Crippen LogP contribution in [0, 0.1) is 0 Å². The summed E-state index contributed by atoms with van der Waals surface area (Å²) < 4.78 is 4.79. The van der Waals surface area contributed by atoms with Crippen LogP contribution in [0.25, 0.3) is 122 Å². The third kappa shape index (κ3) is 6.21. The van der Waals surface area contributed by atoms with Crippen LogP contribution in [-0.4, -0.2) is 24.1 Å². The van der Waals surface area contributed by atoms with E-state index >= 15 is 0 Å². The molecule has 0 aliphatic rings. The molecule has 13 aromatic rings. The number of hydrogen-bond donors (Lipinski definition) is 0. The highest BCUT2D eigenvalue weighted by molar-refractivity contribution is 6.11. The normalized spacial score (nSPS) is 11.6. The van der Waals surface area contributed by atoms with E-state index in [0.29, 0.717) is 17.5 Å². The molecule has 0 unspecified atom stereocenters. The molecule has 3 heterocycles. The van der Waals surface area contributed by atoms with Crippen molar-refractivity contribution >= 4 is 54.4 Å². The van der Waals surface area contributed by atoms with Crippen LogP contribution in [0.5, 0.6) is 0 Å². The Bertz CT molecular complexity index is 3890. The summed E-state index contributed by atoms with van der Waals surface area (Å²) >= 11 is 0. The molecule has 0 N–H and O–H groups in total. The Hall–Kier alpha value is -8.93. The number of aromatic nitrogens is 5. The molecule has 5 nitrogen and oxygen atoms in total. The minimum atomic E-state index is 0.606. The van der Waals surface area contributed by atoms with E-state index in [9.17, 15) is 0 Å². The van der Waals surface area contributed by atoms with Gasteiger partial charge in [-0.3, -0.25) is 0 Å². The molecule has 0 atom stereocenters. The van der Waals surface area contributed by atoms with Gasteiger partial charge in [0, 0.05) is 49.4 Å². The molecule has 0 radical (unpaired) electrons. The van der Waals surface area contributed by atoms with Gasteiger partial charge in [-0.1, -0.05) is 188 Å². The molecule has 0 aliphatic carbocycles. The van der Waals surface area contributed by atoms with Crippen LogP contribution >= 0.6 is 0 Å². The Morgan fingerprint density at radius 3 is 1.21 bits per heavy atom. The molecule has 0 fully saturated rings. The molecule has 66 heavy (non-hydrogen) atoms. The Kier molecular flexibility index (Phi) is 8.78. The highest BCUT2D eigenvalue weighted by Gasteiger charge is 2.20. The Morgan fingerprint density at radius 2 is 0.636 bits per heavy atom. The standard InChI is InChI=1S/C61H39N5/c1-3-17-41(18-4-1)48-36-35-45(39-58(48)66-56-29-15-10-24-51(56)52-25-11-16-30-57(52)66)61-63-59(42-19-5-2-6-20-42)62-60(64-61)44-34-32-40-31-33-43(37-46(40)38-44)47-21-7-12-26-53(47)65-54-27-13-8-22-49(54)50-23-9-14-28-55(50)65/h1-39H. The van der Waals surface area contributed by atoms with Crippen LogP contribution in [0.3, 0.4) is 0 Å². The molecular formula is C61H39N5. The third-order valence-corrected chi connectivity index (χ3v) is 13.0. The maximum Gasteiger partial charge on any atom is 0.164 e. The van der Waals surface area contributed by atoms with Gasteiger partial charge in [-0.25, -0.2) is 15.0 Å². The van der Waals surface area contributed by atoms with E-state index in [0.717, 1.165) is 72.1 Å². The van der Waals surface area contributed by atoms with Crippen LogP contribution in [0.15, 0.2) is 237 Å². The maximum absolute atomic E-state index is 5.31. The smallest absolute Gasteiger partial charge is 0.164 e. The number of para-hydroxylation sites is 5. The summed E-state index contributed by atoms with van der Waals surface area (Å²) in [5, 5.41) is 7.15. The minimum Gasteiger partial charge on any atom is -0.309 e. The Balaban J connectivity index is 0.978. The van der Waals surface area contributed by atoms with Gasteiger partial charge >= 0.3 is 0 Å². The summed E-state index contributed by atoms with van der Waals surface area (Å²) in [7, 11) is 0. The molecule has 3 aromatic heterocycles. The number of nitrogens with zero attached hydrogens (tertiary/aromatic N) is 5. The van der Waals surface area contributed by atoms with Gasteiger partial charge < -0.3 is 9.13 Å². The van der Waals surface area contributed by atoms with E-state index in [1.165, 1.54) is 32.6 Å². The molecular weight excluding hydrogens is 803 g/mol. The number of fused-ring (bicyclic) bond motifs is 7. The molecule has 0 saturated carbocycles. The van der Waals surface area contributed by atoms with Crippen molar-refractivity contribution in [1.82, 2.24) is 24.1 Å². The lowest BCUT2D eigenvalue weighted by Crippen LogP contribution is -2.02. The SMILES string of the molecule is c1ccc(-c2nc(-c3ccc(-c4ccccc4)c(-n4c5ccccc5c5ccccc54)c3)nc(-c3ccc4ccc(-c5ccccc5-n5c6ccccc6c6ccccc65)cc4c3)n2)cc1. The van der Waals surface area contributed by atoms with Gasteiger partial charge in [0.1, 0.15) is 0 Å². The van der Waals surface area contributed by atoms with E-state index in [1.54, 1.807) is 0 Å². The van der Waals surface area contributed by atoms with Crippen molar-refractivity contribution in [2.45, 2.75) is 0 Å². The fourth-order valence-electron chi connectivity index (χ4n) is 9.90. The van der Waals surface area contributed by atoms with E-state index in [4.69, 9.17) is 15.0 Å². The monoisotopic (exact) mass is 841 g/mol. The zero-order valence-electron chi connectivity index (χ0n) is 35.8. The average molecular weight is 842 g/mol. The molecule has 5 heteroatoms. The van der Waals surface area contributed by atoms with E-state index in [1.807, 2.05) is 18.2 Å². The Morgan fingerprint density at radius 1 is 0.242 bits per heavy atom. The van der Waals surface area contributed by atoms with Gasteiger partial charge in [-0.15, -0.1) is 0 Å². The largest absolute Gasteiger partial charge is 0.309 e. The van der Waals surface area contributed by atoms with Gasteiger partial charge in [0.25, 0.3) is 0 Å². The van der Waals surface area contributed by atoms with Crippen LogP contribution < -0.4 is 0 Å². The maximum atomic E-state index is 5.31.